The fraction of sp³-hybridized carbons (Fsp3) is 0.0500. The highest BCUT2D eigenvalue weighted by Gasteiger charge is 2.14. The molecule has 28 heavy (non-hydrogen) atoms. The number of para-hydroxylation sites is 1. The van der Waals surface area contributed by atoms with Gasteiger partial charge in [-0.2, -0.15) is 4.80 Å². The van der Waals surface area contributed by atoms with Crippen molar-refractivity contribution in [2.45, 2.75) is 6.92 Å². The highest BCUT2D eigenvalue weighted by atomic mass is 16.6. The van der Waals surface area contributed by atoms with Crippen molar-refractivity contribution in [2.75, 3.05) is 5.32 Å². The lowest BCUT2D eigenvalue weighted by Crippen LogP contribution is -2.12. The number of nitro benzene ring substituents is 1. The van der Waals surface area contributed by atoms with Crippen LogP contribution < -0.4 is 5.32 Å². The number of hydrogen-bond acceptors (Lipinski definition) is 5. The van der Waals surface area contributed by atoms with Gasteiger partial charge < -0.3 is 5.32 Å². The highest BCUT2D eigenvalue weighted by Crippen LogP contribution is 2.21. The van der Waals surface area contributed by atoms with Gasteiger partial charge in [0.15, 0.2) is 0 Å². The van der Waals surface area contributed by atoms with Gasteiger partial charge in [0.25, 0.3) is 11.6 Å². The average molecular weight is 373 g/mol. The molecule has 4 aromatic rings. The molecule has 0 aliphatic heterocycles. The van der Waals surface area contributed by atoms with E-state index in [1.165, 1.54) is 23.0 Å². The molecule has 0 atom stereocenters. The lowest BCUT2D eigenvalue weighted by molar-refractivity contribution is -0.385. The number of hydrogen-bond donors (Lipinski definition) is 1. The van der Waals surface area contributed by atoms with Crippen LogP contribution in [0.5, 0.6) is 0 Å². The van der Waals surface area contributed by atoms with Gasteiger partial charge >= 0.3 is 0 Å². The molecule has 1 amide bonds. The Morgan fingerprint density at radius 3 is 2.46 bits per heavy atom. The third kappa shape index (κ3) is 3.30. The monoisotopic (exact) mass is 373 g/mol. The zero-order chi connectivity index (χ0) is 19.7. The minimum atomic E-state index is -0.471. The van der Waals surface area contributed by atoms with Gasteiger partial charge in [0.1, 0.15) is 11.0 Å². The number of carbonyl (C=O) groups is 1. The molecule has 0 aliphatic rings. The largest absolute Gasteiger partial charge is 0.322 e. The van der Waals surface area contributed by atoms with Gasteiger partial charge in [0, 0.05) is 22.9 Å². The molecule has 0 aliphatic carbocycles. The van der Waals surface area contributed by atoms with Crippen molar-refractivity contribution < 1.29 is 9.72 Å². The molecule has 0 fully saturated rings. The molecule has 4 rings (SSSR count). The zero-order valence-electron chi connectivity index (χ0n) is 14.9. The van der Waals surface area contributed by atoms with Crippen LogP contribution >= 0.6 is 0 Å². The summed E-state index contributed by atoms with van der Waals surface area (Å²) >= 11 is 0. The molecule has 138 valence electrons. The molecule has 3 aromatic carbocycles. The third-order valence-corrected chi connectivity index (χ3v) is 4.28. The lowest BCUT2D eigenvalue weighted by Gasteiger charge is -2.06. The number of aromatic nitrogens is 3. The highest BCUT2D eigenvalue weighted by molar-refractivity contribution is 6.05. The van der Waals surface area contributed by atoms with Gasteiger partial charge in [-0.3, -0.25) is 14.9 Å². The Kier molecular flexibility index (Phi) is 4.29. The second kappa shape index (κ2) is 6.92. The number of nitrogens with one attached hydrogen (secondary N) is 1. The summed E-state index contributed by atoms with van der Waals surface area (Å²) in [5.41, 5.74) is 3.50. The fourth-order valence-electron chi connectivity index (χ4n) is 2.87. The van der Waals surface area contributed by atoms with Crippen LogP contribution in [0, 0.1) is 17.0 Å². The Morgan fingerprint density at radius 1 is 1.00 bits per heavy atom. The van der Waals surface area contributed by atoms with Gasteiger partial charge in [0.2, 0.25) is 0 Å². The van der Waals surface area contributed by atoms with Crippen LogP contribution in [0.3, 0.4) is 0 Å². The number of carbonyl (C=O) groups excluding carboxylic acids is 1. The first kappa shape index (κ1) is 17.3. The van der Waals surface area contributed by atoms with Gasteiger partial charge in [-0.25, -0.2) is 0 Å². The summed E-state index contributed by atoms with van der Waals surface area (Å²) in [4.78, 5) is 24.5. The number of nitro groups is 1. The third-order valence-electron chi connectivity index (χ3n) is 4.28. The molecule has 8 nitrogen and oxygen atoms in total. The van der Waals surface area contributed by atoms with Crippen LogP contribution in [0.15, 0.2) is 66.7 Å². The van der Waals surface area contributed by atoms with Crippen molar-refractivity contribution in [1.82, 2.24) is 15.0 Å². The molecular weight excluding hydrogens is 358 g/mol. The molecule has 0 bridgehead atoms. The molecule has 0 saturated carbocycles. The summed E-state index contributed by atoms with van der Waals surface area (Å²) in [7, 11) is 0. The maximum Gasteiger partial charge on any atom is 0.272 e. The number of nitrogens with zero attached hydrogens (tertiary/aromatic N) is 4. The molecule has 8 heteroatoms. The van der Waals surface area contributed by atoms with Crippen LogP contribution in [0.4, 0.5) is 11.4 Å². The standard InChI is InChI=1S/C20H15N5O3/c1-13-11-14(7-10-19(13)25(27)28)20(26)21-15-8-9-17-18(12-15)23-24(22-17)16-5-3-2-4-6-16/h2-12H,1H3,(H,21,26). The molecular formula is C20H15N5O3. The summed E-state index contributed by atoms with van der Waals surface area (Å²) in [6, 6.07) is 19.0. The van der Waals surface area contributed by atoms with E-state index < -0.39 is 4.92 Å². The SMILES string of the molecule is Cc1cc(C(=O)Nc2ccc3nn(-c4ccccc4)nc3c2)ccc1[N+](=O)[O-]. The van der Waals surface area contributed by atoms with Gasteiger partial charge in [-0.1, -0.05) is 18.2 Å². The van der Waals surface area contributed by atoms with E-state index >= 15 is 0 Å². The second-order valence-corrected chi connectivity index (χ2v) is 6.24. The van der Waals surface area contributed by atoms with E-state index in [0.29, 0.717) is 27.8 Å². The first-order valence-corrected chi connectivity index (χ1v) is 8.50. The van der Waals surface area contributed by atoms with Gasteiger partial charge in [-0.15, -0.1) is 10.2 Å². The minimum absolute atomic E-state index is 0.0181. The van der Waals surface area contributed by atoms with Crippen LogP contribution in [-0.2, 0) is 0 Å². The van der Waals surface area contributed by atoms with Crippen molar-refractivity contribution in [3.63, 3.8) is 0 Å². The number of fused-ring (bicyclic) bond motifs is 1. The summed E-state index contributed by atoms with van der Waals surface area (Å²) in [6.45, 7) is 1.60. The smallest absolute Gasteiger partial charge is 0.272 e. The average Bonchev–Trinajstić information content (AvgIpc) is 3.11. The molecule has 1 N–H and O–H groups in total. The molecule has 0 radical (unpaired) electrons. The predicted molar refractivity (Wildman–Crippen MR) is 105 cm³/mol. The Balaban J connectivity index is 1.58. The number of aryl methyl sites for hydroxylation is 1. The van der Waals surface area contributed by atoms with Crippen molar-refractivity contribution >= 4 is 28.3 Å². The van der Waals surface area contributed by atoms with Gasteiger partial charge in [-0.05, 0) is 49.4 Å². The van der Waals surface area contributed by atoms with E-state index in [1.54, 1.807) is 25.1 Å². The van der Waals surface area contributed by atoms with Crippen LogP contribution in [0.25, 0.3) is 16.7 Å². The van der Waals surface area contributed by atoms with Crippen LogP contribution in [-0.4, -0.2) is 25.8 Å². The molecule has 0 unspecified atom stereocenters. The second-order valence-electron chi connectivity index (χ2n) is 6.24. The van der Waals surface area contributed by atoms with Crippen LogP contribution in [0.2, 0.25) is 0 Å². The Bertz CT molecular complexity index is 1200. The number of anilines is 1. The molecule has 0 saturated heterocycles. The van der Waals surface area contributed by atoms with E-state index in [4.69, 9.17) is 0 Å². The van der Waals surface area contributed by atoms with Gasteiger partial charge in [0.05, 0.1) is 10.6 Å². The summed E-state index contributed by atoms with van der Waals surface area (Å²) in [5, 5.41) is 22.6. The molecule has 1 aromatic heterocycles. The summed E-state index contributed by atoms with van der Waals surface area (Å²) in [6.07, 6.45) is 0. The Hall–Kier alpha value is -4.07. The maximum absolute atomic E-state index is 12.5. The lowest BCUT2D eigenvalue weighted by atomic mass is 10.1. The number of amides is 1. The van der Waals surface area contributed by atoms with E-state index in [-0.39, 0.29) is 11.6 Å². The topological polar surface area (TPSA) is 103 Å². The minimum Gasteiger partial charge on any atom is -0.322 e. The van der Waals surface area contributed by atoms with Crippen LogP contribution in [0.1, 0.15) is 15.9 Å². The number of rotatable bonds is 4. The first-order valence-electron chi connectivity index (χ1n) is 8.50. The quantitative estimate of drug-likeness (QED) is 0.432. The fourth-order valence-corrected chi connectivity index (χ4v) is 2.87. The summed E-state index contributed by atoms with van der Waals surface area (Å²) in [5.74, 6) is -0.354. The van der Waals surface area contributed by atoms with Crippen molar-refractivity contribution in [1.29, 1.82) is 0 Å². The normalized spacial score (nSPS) is 10.8. The Labute approximate surface area is 159 Å². The van der Waals surface area contributed by atoms with E-state index in [2.05, 4.69) is 15.5 Å². The van der Waals surface area contributed by atoms with E-state index in [0.717, 1.165) is 5.69 Å². The predicted octanol–water partition coefficient (Wildman–Crippen LogP) is 3.89. The zero-order valence-corrected chi connectivity index (χ0v) is 14.9. The number of benzene rings is 3. The maximum atomic E-state index is 12.5. The molecule has 0 spiro atoms. The summed E-state index contributed by atoms with van der Waals surface area (Å²) < 4.78 is 0. The first-order chi connectivity index (χ1) is 13.5. The van der Waals surface area contributed by atoms with Crippen molar-refractivity contribution in [2.24, 2.45) is 0 Å². The van der Waals surface area contributed by atoms with Crippen molar-refractivity contribution in [3.8, 4) is 5.69 Å². The molecule has 1 heterocycles. The Morgan fingerprint density at radius 2 is 1.75 bits per heavy atom. The van der Waals surface area contributed by atoms with E-state index in [9.17, 15) is 14.9 Å². The van der Waals surface area contributed by atoms with Crippen molar-refractivity contribution in [3.05, 3.63) is 88.0 Å². The van der Waals surface area contributed by atoms with E-state index in [1.807, 2.05) is 30.3 Å².